The first kappa shape index (κ1) is 18.6. The lowest BCUT2D eigenvalue weighted by Crippen LogP contribution is -2.39. The molecule has 0 saturated carbocycles. The summed E-state index contributed by atoms with van der Waals surface area (Å²) in [5.74, 6) is 0. The molecule has 2 rings (SSSR count). The first-order valence-electron chi connectivity index (χ1n) is 8.19. The molecule has 0 spiro atoms. The van der Waals surface area contributed by atoms with Crippen molar-refractivity contribution in [1.29, 1.82) is 0 Å². The maximum absolute atomic E-state index is 12.6. The van der Waals surface area contributed by atoms with E-state index in [1.165, 1.54) is 0 Å². The molecule has 0 aromatic heterocycles. The molecule has 24 heavy (non-hydrogen) atoms. The van der Waals surface area contributed by atoms with Crippen molar-refractivity contribution in [3.05, 3.63) is 65.7 Å². The summed E-state index contributed by atoms with van der Waals surface area (Å²) in [4.78, 5) is 0.288. The topological polar surface area (TPSA) is 55.4 Å². The maximum Gasteiger partial charge on any atom is 0.240 e. The van der Waals surface area contributed by atoms with Gasteiger partial charge in [0, 0.05) is 13.2 Å². The van der Waals surface area contributed by atoms with Gasteiger partial charge >= 0.3 is 0 Å². The van der Waals surface area contributed by atoms with Crippen molar-refractivity contribution in [3.8, 4) is 0 Å². The molecule has 0 aliphatic carbocycles. The monoisotopic (exact) mass is 347 g/mol. The van der Waals surface area contributed by atoms with Gasteiger partial charge in [-0.05, 0) is 36.1 Å². The molecule has 0 heterocycles. The van der Waals surface area contributed by atoms with E-state index in [0.717, 1.165) is 24.0 Å². The first-order chi connectivity index (χ1) is 11.5. The average molecular weight is 347 g/mol. The Kier molecular flexibility index (Phi) is 6.97. The highest BCUT2D eigenvalue weighted by molar-refractivity contribution is 7.89. The largest absolute Gasteiger partial charge is 0.383 e. The quantitative estimate of drug-likeness (QED) is 0.758. The van der Waals surface area contributed by atoms with E-state index < -0.39 is 10.0 Å². The summed E-state index contributed by atoms with van der Waals surface area (Å²) in [5.41, 5.74) is 2.22. The fourth-order valence-electron chi connectivity index (χ4n) is 2.65. The normalized spacial score (nSPS) is 12.9. The van der Waals surface area contributed by atoms with Crippen molar-refractivity contribution >= 4 is 10.0 Å². The summed E-state index contributed by atoms with van der Waals surface area (Å²) in [6.45, 7) is 2.42. The molecule has 2 aromatic rings. The molecule has 1 unspecified atom stereocenters. The van der Waals surface area contributed by atoms with Crippen LogP contribution in [0, 0.1) is 0 Å². The Morgan fingerprint density at radius 2 is 1.67 bits per heavy atom. The first-order valence-corrected chi connectivity index (χ1v) is 9.67. The van der Waals surface area contributed by atoms with Crippen LogP contribution < -0.4 is 4.72 Å². The number of aryl methyl sites for hydroxylation is 1. The zero-order chi connectivity index (χ0) is 17.4. The standard InChI is InChI=1S/C19H25NO3S/c1-3-7-16-10-12-19(13-11-16)24(21,22)20-18(15-23-2)14-17-8-5-4-6-9-17/h4-6,8-13,18,20H,3,7,14-15H2,1-2H3. The molecule has 0 aliphatic rings. The number of ether oxygens (including phenoxy) is 1. The molecule has 5 heteroatoms. The van der Waals surface area contributed by atoms with Gasteiger partial charge in [-0.3, -0.25) is 0 Å². The number of hydrogen-bond acceptors (Lipinski definition) is 3. The van der Waals surface area contributed by atoms with E-state index in [2.05, 4.69) is 11.6 Å². The molecule has 1 atom stereocenters. The SMILES string of the molecule is CCCc1ccc(S(=O)(=O)NC(COC)Cc2ccccc2)cc1. The summed E-state index contributed by atoms with van der Waals surface area (Å²) in [6.07, 6.45) is 2.58. The van der Waals surface area contributed by atoms with Crippen molar-refractivity contribution in [3.63, 3.8) is 0 Å². The molecule has 0 radical (unpaired) electrons. The minimum Gasteiger partial charge on any atom is -0.383 e. The Hall–Kier alpha value is -1.69. The number of nitrogens with one attached hydrogen (secondary N) is 1. The highest BCUT2D eigenvalue weighted by Crippen LogP contribution is 2.13. The second-order valence-electron chi connectivity index (χ2n) is 5.86. The summed E-state index contributed by atoms with van der Waals surface area (Å²) in [6, 6.07) is 16.6. The van der Waals surface area contributed by atoms with E-state index in [1.807, 2.05) is 42.5 Å². The fraction of sp³-hybridized carbons (Fsp3) is 0.368. The Balaban J connectivity index is 2.11. The van der Waals surface area contributed by atoms with Crippen molar-refractivity contribution < 1.29 is 13.2 Å². The Labute approximate surface area is 144 Å². The van der Waals surface area contributed by atoms with Crippen molar-refractivity contribution in [1.82, 2.24) is 4.72 Å². The van der Waals surface area contributed by atoms with E-state index in [4.69, 9.17) is 4.74 Å². The molecule has 0 saturated heterocycles. The van der Waals surface area contributed by atoms with Crippen LogP contribution in [0.25, 0.3) is 0 Å². The van der Waals surface area contributed by atoms with Crippen LogP contribution in [-0.4, -0.2) is 28.2 Å². The maximum atomic E-state index is 12.6. The molecule has 2 aromatic carbocycles. The van der Waals surface area contributed by atoms with Crippen molar-refractivity contribution in [2.75, 3.05) is 13.7 Å². The molecule has 4 nitrogen and oxygen atoms in total. The average Bonchev–Trinajstić information content (AvgIpc) is 2.56. The third-order valence-corrected chi connectivity index (χ3v) is 5.32. The fourth-order valence-corrected chi connectivity index (χ4v) is 3.87. The summed E-state index contributed by atoms with van der Waals surface area (Å²) in [7, 11) is -1.99. The van der Waals surface area contributed by atoms with Crippen LogP contribution in [0.4, 0.5) is 0 Å². The van der Waals surface area contributed by atoms with Gasteiger partial charge in [0.1, 0.15) is 0 Å². The van der Waals surface area contributed by atoms with Crippen LogP contribution in [0.3, 0.4) is 0 Å². The van der Waals surface area contributed by atoms with E-state index in [1.54, 1.807) is 19.2 Å². The zero-order valence-electron chi connectivity index (χ0n) is 14.2. The number of benzene rings is 2. The summed E-state index contributed by atoms with van der Waals surface area (Å²) >= 11 is 0. The Bertz CT molecular complexity index is 712. The lowest BCUT2D eigenvalue weighted by atomic mass is 10.1. The third-order valence-electron chi connectivity index (χ3n) is 3.79. The van der Waals surface area contributed by atoms with Crippen LogP contribution in [0.1, 0.15) is 24.5 Å². The van der Waals surface area contributed by atoms with Crippen LogP contribution in [-0.2, 0) is 27.6 Å². The van der Waals surface area contributed by atoms with E-state index in [0.29, 0.717) is 13.0 Å². The van der Waals surface area contributed by atoms with E-state index >= 15 is 0 Å². The van der Waals surface area contributed by atoms with Gasteiger partial charge in [0.2, 0.25) is 10.0 Å². The minimum absolute atomic E-state index is 0.288. The van der Waals surface area contributed by atoms with Gasteiger partial charge in [0.25, 0.3) is 0 Å². The van der Waals surface area contributed by atoms with Gasteiger partial charge in [-0.25, -0.2) is 13.1 Å². The Morgan fingerprint density at radius 3 is 2.25 bits per heavy atom. The van der Waals surface area contributed by atoms with Crippen LogP contribution in [0.5, 0.6) is 0 Å². The number of rotatable bonds is 9. The molecule has 0 fully saturated rings. The van der Waals surface area contributed by atoms with Gasteiger partial charge in [0.05, 0.1) is 11.5 Å². The van der Waals surface area contributed by atoms with E-state index in [9.17, 15) is 8.42 Å². The van der Waals surface area contributed by atoms with Gasteiger partial charge < -0.3 is 4.74 Å². The molecular formula is C19H25NO3S. The number of methoxy groups -OCH3 is 1. The molecule has 0 amide bonds. The number of hydrogen-bond donors (Lipinski definition) is 1. The highest BCUT2D eigenvalue weighted by Gasteiger charge is 2.20. The smallest absolute Gasteiger partial charge is 0.240 e. The second-order valence-corrected chi connectivity index (χ2v) is 7.57. The van der Waals surface area contributed by atoms with Crippen LogP contribution in [0.2, 0.25) is 0 Å². The van der Waals surface area contributed by atoms with Gasteiger partial charge in [-0.1, -0.05) is 55.8 Å². The molecule has 0 aliphatic heterocycles. The molecule has 1 N–H and O–H groups in total. The lowest BCUT2D eigenvalue weighted by Gasteiger charge is -2.18. The van der Waals surface area contributed by atoms with E-state index in [-0.39, 0.29) is 10.9 Å². The highest BCUT2D eigenvalue weighted by atomic mass is 32.2. The van der Waals surface area contributed by atoms with Crippen molar-refractivity contribution in [2.45, 2.75) is 37.1 Å². The van der Waals surface area contributed by atoms with Gasteiger partial charge in [-0.2, -0.15) is 0 Å². The summed E-state index contributed by atoms with van der Waals surface area (Å²) < 4.78 is 33.2. The predicted molar refractivity (Wildman–Crippen MR) is 96.6 cm³/mol. The molecular weight excluding hydrogens is 322 g/mol. The third kappa shape index (κ3) is 5.44. The molecule has 0 bridgehead atoms. The number of sulfonamides is 1. The Morgan fingerprint density at radius 1 is 1.00 bits per heavy atom. The predicted octanol–water partition coefficient (Wildman–Crippen LogP) is 3.18. The second kappa shape index (κ2) is 8.97. The van der Waals surface area contributed by atoms with Gasteiger partial charge in [0.15, 0.2) is 0 Å². The van der Waals surface area contributed by atoms with Gasteiger partial charge in [-0.15, -0.1) is 0 Å². The lowest BCUT2D eigenvalue weighted by molar-refractivity contribution is 0.174. The van der Waals surface area contributed by atoms with Crippen molar-refractivity contribution in [2.24, 2.45) is 0 Å². The zero-order valence-corrected chi connectivity index (χ0v) is 15.1. The summed E-state index contributed by atoms with van der Waals surface area (Å²) in [5, 5.41) is 0. The van der Waals surface area contributed by atoms with Crippen LogP contribution in [0.15, 0.2) is 59.5 Å². The van der Waals surface area contributed by atoms with Crippen LogP contribution >= 0.6 is 0 Å². The minimum atomic E-state index is -3.56. The molecule has 130 valence electrons.